The van der Waals surface area contributed by atoms with E-state index in [1.807, 2.05) is 12.1 Å². The summed E-state index contributed by atoms with van der Waals surface area (Å²) in [6.45, 7) is 4.37. The lowest BCUT2D eigenvalue weighted by atomic mass is 10.2. The first-order chi connectivity index (χ1) is 13.7. The van der Waals surface area contributed by atoms with Crippen molar-refractivity contribution in [1.82, 2.24) is 10.2 Å². The van der Waals surface area contributed by atoms with E-state index in [9.17, 15) is 10.0 Å². The fourth-order valence-electron chi connectivity index (χ4n) is 3.44. The molecular weight excluding hydrogens is 354 g/mol. The Labute approximate surface area is 166 Å². The maximum absolute atomic E-state index is 12.0. The van der Waals surface area contributed by atoms with Crippen molar-refractivity contribution in [2.45, 2.75) is 38.6 Å². The Morgan fingerprint density at radius 1 is 1.14 bits per heavy atom. The average Bonchev–Trinajstić information content (AvgIpc) is 2.96. The lowest BCUT2D eigenvalue weighted by Gasteiger charge is -2.20. The molecule has 1 aliphatic rings. The molecule has 0 aliphatic carbocycles. The third-order valence-electron chi connectivity index (χ3n) is 4.92. The number of amides is 1. The molecule has 150 valence electrons. The predicted molar refractivity (Wildman–Crippen MR) is 108 cm³/mol. The van der Waals surface area contributed by atoms with Crippen LogP contribution in [0.1, 0.15) is 48.0 Å². The van der Waals surface area contributed by atoms with Crippen molar-refractivity contribution in [1.29, 1.82) is 0 Å². The van der Waals surface area contributed by atoms with E-state index in [1.165, 1.54) is 56.7 Å². The molecule has 1 amide bonds. The van der Waals surface area contributed by atoms with Crippen LogP contribution in [0.25, 0.3) is 0 Å². The van der Waals surface area contributed by atoms with Gasteiger partial charge in [-0.25, -0.2) is 0 Å². The fraction of sp³-hybridized carbons (Fsp3) is 0.455. The zero-order valence-corrected chi connectivity index (χ0v) is 16.3. The Morgan fingerprint density at radius 3 is 2.75 bits per heavy atom. The van der Waals surface area contributed by atoms with Crippen LogP contribution in [0, 0.1) is 5.21 Å². The van der Waals surface area contributed by atoms with Gasteiger partial charge < -0.3 is 15.3 Å². The van der Waals surface area contributed by atoms with Gasteiger partial charge in [-0.2, -0.15) is 4.73 Å². The van der Waals surface area contributed by atoms with Crippen LogP contribution in [-0.2, 0) is 6.54 Å². The molecule has 0 spiro atoms. The van der Waals surface area contributed by atoms with Gasteiger partial charge in [0.1, 0.15) is 11.3 Å². The van der Waals surface area contributed by atoms with Gasteiger partial charge in [0.05, 0.1) is 6.61 Å². The molecule has 0 bridgehead atoms. The molecule has 1 aliphatic heterocycles. The van der Waals surface area contributed by atoms with E-state index in [2.05, 4.69) is 22.3 Å². The highest BCUT2D eigenvalue weighted by molar-refractivity contribution is 5.93. The van der Waals surface area contributed by atoms with Gasteiger partial charge in [-0.1, -0.05) is 25.0 Å². The van der Waals surface area contributed by atoms with Crippen molar-refractivity contribution in [3.63, 3.8) is 0 Å². The Kier molecular flexibility index (Phi) is 7.67. The SMILES string of the molecule is O=C(NCCCOc1cccc(CN2CCCCCC2)c1)c1ccc[n+]([O-])c1. The predicted octanol–water partition coefficient (Wildman–Crippen LogP) is 2.89. The number of hydrogen-bond acceptors (Lipinski definition) is 4. The number of pyridine rings is 1. The summed E-state index contributed by atoms with van der Waals surface area (Å²) in [5, 5.41) is 14.0. The molecule has 3 rings (SSSR count). The van der Waals surface area contributed by atoms with Crippen LogP contribution in [0.15, 0.2) is 48.8 Å². The maximum atomic E-state index is 12.0. The number of ether oxygens (including phenoxy) is 1. The van der Waals surface area contributed by atoms with Crippen LogP contribution in [0.5, 0.6) is 5.75 Å². The zero-order chi connectivity index (χ0) is 19.6. The molecule has 6 nitrogen and oxygen atoms in total. The van der Waals surface area contributed by atoms with Gasteiger partial charge in [0, 0.05) is 19.2 Å². The number of nitrogens with zero attached hydrogens (tertiary/aromatic N) is 2. The molecule has 0 atom stereocenters. The quantitative estimate of drug-likeness (QED) is 0.432. The molecule has 1 aromatic heterocycles. The number of hydrogen-bond donors (Lipinski definition) is 1. The van der Waals surface area contributed by atoms with E-state index in [-0.39, 0.29) is 5.91 Å². The molecule has 1 saturated heterocycles. The molecule has 2 heterocycles. The summed E-state index contributed by atoms with van der Waals surface area (Å²) in [6.07, 6.45) is 8.59. The van der Waals surface area contributed by atoms with Crippen LogP contribution < -0.4 is 14.8 Å². The second kappa shape index (κ2) is 10.7. The molecule has 1 fully saturated rings. The van der Waals surface area contributed by atoms with Crippen LogP contribution >= 0.6 is 0 Å². The number of likely N-dealkylation sites (tertiary alicyclic amines) is 1. The summed E-state index contributed by atoms with van der Waals surface area (Å²) in [6, 6.07) is 11.5. The van der Waals surface area contributed by atoms with Gasteiger partial charge in [0.15, 0.2) is 12.4 Å². The lowest BCUT2D eigenvalue weighted by Crippen LogP contribution is -2.30. The van der Waals surface area contributed by atoms with Crippen molar-refractivity contribution in [3.05, 3.63) is 65.1 Å². The molecule has 0 unspecified atom stereocenters. The highest BCUT2D eigenvalue weighted by atomic mass is 16.5. The highest BCUT2D eigenvalue weighted by Gasteiger charge is 2.10. The first-order valence-corrected chi connectivity index (χ1v) is 10.1. The maximum Gasteiger partial charge on any atom is 0.257 e. The first kappa shape index (κ1) is 20.1. The minimum absolute atomic E-state index is 0.246. The Hall–Kier alpha value is -2.60. The van der Waals surface area contributed by atoms with Gasteiger partial charge in [-0.05, 0) is 56.1 Å². The van der Waals surface area contributed by atoms with Crippen LogP contribution in [0.4, 0.5) is 0 Å². The van der Waals surface area contributed by atoms with Gasteiger partial charge in [0.2, 0.25) is 0 Å². The fourth-order valence-corrected chi connectivity index (χ4v) is 3.44. The minimum Gasteiger partial charge on any atom is -0.619 e. The van der Waals surface area contributed by atoms with E-state index in [0.29, 0.717) is 29.9 Å². The summed E-state index contributed by atoms with van der Waals surface area (Å²) in [5.41, 5.74) is 1.64. The number of benzene rings is 1. The number of carbonyl (C=O) groups is 1. The van der Waals surface area contributed by atoms with Crippen molar-refractivity contribution < 1.29 is 14.3 Å². The summed E-state index contributed by atoms with van der Waals surface area (Å²) in [7, 11) is 0. The van der Waals surface area contributed by atoms with E-state index in [0.717, 1.165) is 12.3 Å². The summed E-state index contributed by atoms with van der Waals surface area (Å²) in [5.74, 6) is 0.624. The molecule has 6 heteroatoms. The molecule has 1 aromatic carbocycles. The molecule has 28 heavy (non-hydrogen) atoms. The summed E-state index contributed by atoms with van der Waals surface area (Å²) in [4.78, 5) is 14.5. The highest BCUT2D eigenvalue weighted by Crippen LogP contribution is 2.17. The van der Waals surface area contributed by atoms with Crippen molar-refractivity contribution in [2.24, 2.45) is 0 Å². The van der Waals surface area contributed by atoms with Crippen molar-refractivity contribution in [3.8, 4) is 5.75 Å². The first-order valence-electron chi connectivity index (χ1n) is 10.1. The lowest BCUT2D eigenvalue weighted by molar-refractivity contribution is -0.605. The smallest absolute Gasteiger partial charge is 0.257 e. The van der Waals surface area contributed by atoms with Gasteiger partial charge in [-0.15, -0.1) is 0 Å². The number of carbonyl (C=O) groups excluding carboxylic acids is 1. The summed E-state index contributed by atoms with van der Waals surface area (Å²) >= 11 is 0. The molecule has 0 radical (unpaired) electrons. The second-order valence-electron chi connectivity index (χ2n) is 7.25. The molecular formula is C22H29N3O3. The van der Waals surface area contributed by atoms with Crippen LogP contribution in [0.3, 0.4) is 0 Å². The van der Waals surface area contributed by atoms with Gasteiger partial charge in [0.25, 0.3) is 5.91 Å². The van der Waals surface area contributed by atoms with E-state index < -0.39 is 0 Å². The standard InChI is InChI=1S/C22H29N3O3/c26-22(20-9-6-14-25(27)18-20)23-11-7-15-28-21-10-5-8-19(16-21)17-24-12-3-1-2-4-13-24/h5-6,8-10,14,16,18H,1-4,7,11-13,15,17H2,(H,23,26). The van der Waals surface area contributed by atoms with Gasteiger partial charge in [-0.3, -0.25) is 9.69 Å². The van der Waals surface area contributed by atoms with Crippen molar-refractivity contribution >= 4 is 5.91 Å². The van der Waals surface area contributed by atoms with E-state index in [4.69, 9.17) is 4.74 Å². The number of nitrogens with one attached hydrogen (secondary N) is 1. The van der Waals surface area contributed by atoms with Crippen LogP contribution in [-0.4, -0.2) is 37.0 Å². The second-order valence-corrected chi connectivity index (χ2v) is 7.25. The molecule has 2 aromatic rings. The third kappa shape index (κ3) is 6.53. The van der Waals surface area contributed by atoms with Gasteiger partial charge >= 0.3 is 0 Å². The Bertz CT molecular complexity index is 758. The third-order valence-corrected chi connectivity index (χ3v) is 4.92. The van der Waals surface area contributed by atoms with Crippen LogP contribution in [0.2, 0.25) is 0 Å². The molecule has 0 saturated carbocycles. The summed E-state index contributed by atoms with van der Waals surface area (Å²) < 4.78 is 6.46. The number of rotatable bonds is 8. The van der Waals surface area contributed by atoms with E-state index >= 15 is 0 Å². The minimum atomic E-state index is -0.246. The van der Waals surface area contributed by atoms with E-state index in [1.54, 1.807) is 12.1 Å². The zero-order valence-electron chi connectivity index (χ0n) is 16.3. The molecule has 1 N–H and O–H groups in total. The monoisotopic (exact) mass is 383 g/mol. The normalized spacial score (nSPS) is 15.0. The van der Waals surface area contributed by atoms with Crippen molar-refractivity contribution in [2.75, 3.05) is 26.2 Å². The average molecular weight is 383 g/mol. The number of aromatic nitrogens is 1. The Balaban J connectivity index is 1.38. The topological polar surface area (TPSA) is 68.5 Å². The Morgan fingerprint density at radius 2 is 1.96 bits per heavy atom. The largest absolute Gasteiger partial charge is 0.619 e.